The standard InChI is InChI=1S/C25H23FN2O6/c1-32-25(31)16-4-2-15(3-5-16)21-20-22(29)18-14-17(26)6-7-19(18)34-23(20)24(30)28(21)9-8-27-10-12-33-13-11-27/h2-7,14,21H,8-13H2,1H3/t21-/m1/s1. The highest BCUT2D eigenvalue weighted by Gasteiger charge is 2.42. The molecule has 1 atom stereocenters. The van der Waals surface area contributed by atoms with Crippen LogP contribution < -0.4 is 5.43 Å². The number of ether oxygens (including phenoxy) is 2. The Morgan fingerprint density at radius 2 is 1.82 bits per heavy atom. The summed E-state index contributed by atoms with van der Waals surface area (Å²) in [6.45, 7) is 3.73. The molecule has 1 amide bonds. The number of benzene rings is 2. The maximum absolute atomic E-state index is 13.9. The molecule has 2 aliphatic rings. The van der Waals surface area contributed by atoms with Gasteiger partial charge in [-0.15, -0.1) is 0 Å². The minimum absolute atomic E-state index is 0.0341. The minimum Gasteiger partial charge on any atom is -0.465 e. The molecule has 8 nitrogen and oxygen atoms in total. The summed E-state index contributed by atoms with van der Waals surface area (Å²) in [5, 5.41) is 0.0813. The molecule has 0 N–H and O–H groups in total. The molecule has 0 radical (unpaired) electrons. The van der Waals surface area contributed by atoms with Crippen LogP contribution in [0.25, 0.3) is 11.0 Å². The first-order valence-electron chi connectivity index (χ1n) is 11.0. The molecule has 0 aliphatic carbocycles. The molecule has 1 fully saturated rings. The molecule has 3 aromatic rings. The van der Waals surface area contributed by atoms with Gasteiger partial charge < -0.3 is 18.8 Å². The first-order chi connectivity index (χ1) is 16.5. The van der Waals surface area contributed by atoms with Crippen molar-refractivity contribution in [2.45, 2.75) is 6.04 Å². The number of rotatable bonds is 5. The van der Waals surface area contributed by atoms with Crippen molar-refractivity contribution >= 4 is 22.8 Å². The molecule has 0 bridgehead atoms. The lowest BCUT2D eigenvalue weighted by Crippen LogP contribution is -2.42. The van der Waals surface area contributed by atoms with Gasteiger partial charge in [-0.3, -0.25) is 14.5 Å². The number of amides is 1. The Labute approximate surface area is 194 Å². The molecule has 2 aromatic carbocycles. The van der Waals surface area contributed by atoms with E-state index in [1.807, 2.05) is 0 Å². The van der Waals surface area contributed by atoms with Crippen LogP contribution in [0.5, 0.6) is 0 Å². The van der Waals surface area contributed by atoms with Crippen LogP contribution in [0.2, 0.25) is 0 Å². The second-order valence-corrected chi connectivity index (χ2v) is 8.28. The normalized spacial score (nSPS) is 18.4. The third-order valence-electron chi connectivity index (χ3n) is 6.34. The molecular weight excluding hydrogens is 443 g/mol. The largest absolute Gasteiger partial charge is 0.465 e. The summed E-state index contributed by atoms with van der Waals surface area (Å²) in [4.78, 5) is 42.6. The monoisotopic (exact) mass is 466 g/mol. The summed E-state index contributed by atoms with van der Waals surface area (Å²) in [5.74, 6) is -1.48. The quantitative estimate of drug-likeness (QED) is 0.534. The average Bonchev–Trinajstić information content (AvgIpc) is 3.15. The highest BCUT2D eigenvalue weighted by Crippen LogP contribution is 2.38. The van der Waals surface area contributed by atoms with Gasteiger partial charge in [0, 0.05) is 26.2 Å². The summed E-state index contributed by atoms with van der Waals surface area (Å²) in [5.41, 5.74) is 0.886. The summed E-state index contributed by atoms with van der Waals surface area (Å²) < 4.78 is 29.9. The van der Waals surface area contributed by atoms with E-state index in [-0.39, 0.29) is 22.3 Å². The molecule has 1 aromatic heterocycles. The van der Waals surface area contributed by atoms with E-state index in [4.69, 9.17) is 13.9 Å². The van der Waals surface area contributed by atoms with Crippen molar-refractivity contribution in [1.29, 1.82) is 0 Å². The highest BCUT2D eigenvalue weighted by atomic mass is 19.1. The summed E-state index contributed by atoms with van der Waals surface area (Å²) in [7, 11) is 1.30. The van der Waals surface area contributed by atoms with E-state index in [1.54, 1.807) is 29.2 Å². The minimum atomic E-state index is -0.723. The van der Waals surface area contributed by atoms with Crippen LogP contribution in [0.4, 0.5) is 4.39 Å². The summed E-state index contributed by atoms with van der Waals surface area (Å²) in [6.07, 6.45) is 0. The molecule has 0 saturated carbocycles. The van der Waals surface area contributed by atoms with Gasteiger partial charge in [0.25, 0.3) is 5.91 Å². The van der Waals surface area contributed by atoms with Gasteiger partial charge in [0.2, 0.25) is 5.76 Å². The maximum Gasteiger partial charge on any atom is 0.337 e. The van der Waals surface area contributed by atoms with Crippen LogP contribution in [-0.2, 0) is 9.47 Å². The molecular formula is C25H23FN2O6. The number of fused-ring (bicyclic) bond motifs is 2. The van der Waals surface area contributed by atoms with Crippen molar-refractivity contribution in [1.82, 2.24) is 9.80 Å². The number of methoxy groups -OCH3 is 1. The molecule has 176 valence electrons. The fourth-order valence-electron chi connectivity index (χ4n) is 4.56. The smallest absolute Gasteiger partial charge is 0.337 e. The van der Waals surface area contributed by atoms with Gasteiger partial charge >= 0.3 is 5.97 Å². The van der Waals surface area contributed by atoms with Crippen LogP contribution in [0, 0.1) is 5.82 Å². The Kier molecular flexibility index (Phi) is 5.89. The van der Waals surface area contributed by atoms with Crippen molar-refractivity contribution in [3.05, 3.63) is 81.0 Å². The lowest BCUT2D eigenvalue weighted by Gasteiger charge is -2.31. The molecule has 34 heavy (non-hydrogen) atoms. The Balaban J connectivity index is 1.59. The lowest BCUT2D eigenvalue weighted by molar-refractivity contribution is 0.0314. The number of esters is 1. The Hall–Kier alpha value is -3.56. The van der Waals surface area contributed by atoms with E-state index in [0.29, 0.717) is 37.4 Å². The zero-order valence-electron chi connectivity index (χ0n) is 18.6. The maximum atomic E-state index is 13.9. The van der Waals surface area contributed by atoms with E-state index >= 15 is 0 Å². The molecule has 3 heterocycles. The number of carbonyl (C=O) groups excluding carboxylic acids is 2. The van der Waals surface area contributed by atoms with Gasteiger partial charge in [0.1, 0.15) is 11.4 Å². The summed E-state index contributed by atoms with van der Waals surface area (Å²) in [6, 6.07) is 9.51. The SMILES string of the molecule is COC(=O)c1ccc([C@@H]2c3c(oc4ccc(F)cc4c3=O)C(=O)N2CCN2CCOCC2)cc1. The van der Waals surface area contributed by atoms with Crippen molar-refractivity contribution in [2.24, 2.45) is 0 Å². The molecule has 5 rings (SSSR count). The first-order valence-corrected chi connectivity index (χ1v) is 11.0. The number of hydrogen-bond acceptors (Lipinski definition) is 7. The van der Waals surface area contributed by atoms with E-state index in [9.17, 15) is 18.8 Å². The van der Waals surface area contributed by atoms with E-state index in [1.165, 1.54) is 19.2 Å². The van der Waals surface area contributed by atoms with Crippen molar-refractivity contribution in [2.75, 3.05) is 46.5 Å². The van der Waals surface area contributed by atoms with Crippen LogP contribution in [0.3, 0.4) is 0 Å². The third-order valence-corrected chi connectivity index (χ3v) is 6.34. The van der Waals surface area contributed by atoms with Crippen LogP contribution in [0.1, 0.15) is 38.1 Å². The number of morpholine rings is 1. The number of carbonyl (C=O) groups is 2. The molecule has 1 saturated heterocycles. The Bertz CT molecular complexity index is 1310. The number of halogens is 1. The predicted molar refractivity (Wildman–Crippen MR) is 120 cm³/mol. The van der Waals surface area contributed by atoms with Crippen LogP contribution in [-0.4, -0.2) is 68.2 Å². The van der Waals surface area contributed by atoms with Crippen LogP contribution >= 0.6 is 0 Å². The second-order valence-electron chi connectivity index (χ2n) is 8.28. The number of hydrogen-bond donors (Lipinski definition) is 0. The molecule has 0 unspecified atom stereocenters. The van der Waals surface area contributed by atoms with E-state index in [2.05, 4.69) is 4.90 Å². The van der Waals surface area contributed by atoms with Gasteiger partial charge in [-0.25, -0.2) is 9.18 Å². The summed E-state index contributed by atoms with van der Waals surface area (Å²) >= 11 is 0. The Morgan fingerprint density at radius 1 is 1.09 bits per heavy atom. The van der Waals surface area contributed by atoms with Crippen molar-refractivity contribution in [3.63, 3.8) is 0 Å². The zero-order valence-corrected chi connectivity index (χ0v) is 18.6. The molecule has 0 spiro atoms. The Morgan fingerprint density at radius 3 is 2.53 bits per heavy atom. The van der Waals surface area contributed by atoms with Gasteiger partial charge in [-0.1, -0.05) is 12.1 Å². The third kappa shape index (κ3) is 3.86. The van der Waals surface area contributed by atoms with Gasteiger partial charge in [-0.05, 0) is 35.9 Å². The van der Waals surface area contributed by atoms with Gasteiger partial charge in [0.15, 0.2) is 5.43 Å². The fourth-order valence-corrected chi connectivity index (χ4v) is 4.56. The van der Waals surface area contributed by atoms with E-state index in [0.717, 1.165) is 19.2 Å². The van der Waals surface area contributed by atoms with Gasteiger partial charge in [-0.2, -0.15) is 0 Å². The zero-order chi connectivity index (χ0) is 23.8. The van der Waals surface area contributed by atoms with Crippen molar-refractivity contribution < 1.29 is 27.9 Å². The van der Waals surface area contributed by atoms with Crippen LogP contribution in [0.15, 0.2) is 51.7 Å². The average molecular weight is 466 g/mol. The number of nitrogens with zero attached hydrogens (tertiary/aromatic N) is 2. The lowest BCUT2D eigenvalue weighted by atomic mass is 9.97. The van der Waals surface area contributed by atoms with Gasteiger partial charge in [0.05, 0.1) is 42.9 Å². The highest BCUT2D eigenvalue weighted by molar-refractivity contribution is 5.99. The van der Waals surface area contributed by atoms with Crippen molar-refractivity contribution in [3.8, 4) is 0 Å². The topological polar surface area (TPSA) is 89.3 Å². The fraction of sp³-hybridized carbons (Fsp3) is 0.320. The molecule has 2 aliphatic heterocycles. The molecule has 9 heteroatoms. The second kappa shape index (κ2) is 9.00. The first kappa shape index (κ1) is 22.2. The predicted octanol–water partition coefficient (Wildman–Crippen LogP) is 2.60. The van der Waals surface area contributed by atoms with E-state index < -0.39 is 29.2 Å².